The van der Waals surface area contributed by atoms with Crippen molar-refractivity contribution in [3.05, 3.63) is 35.4 Å². The molecule has 1 aliphatic carbocycles. The summed E-state index contributed by atoms with van der Waals surface area (Å²) in [5.41, 5.74) is 2.00. The van der Waals surface area contributed by atoms with Gasteiger partial charge in [-0.25, -0.2) is 0 Å². The Morgan fingerprint density at radius 1 is 1.25 bits per heavy atom. The second-order valence-electron chi connectivity index (χ2n) is 6.29. The molecule has 1 aromatic rings. The molecule has 0 aromatic heterocycles. The summed E-state index contributed by atoms with van der Waals surface area (Å²) in [6.07, 6.45) is 6.44. The summed E-state index contributed by atoms with van der Waals surface area (Å²) >= 11 is 0. The standard InChI is InChI=1S/C18H27NO/c1-4-15-8-10-17(11-9-15)19(3)13-18(20)16-7-5-6-14(2)12-16/h5-7,12,15,17H,4,8-11,13H2,1-3H3. The molecule has 0 unspecified atom stereocenters. The zero-order valence-corrected chi connectivity index (χ0v) is 13.1. The summed E-state index contributed by atoms with van der Waals surface area (Å²) in [4.78, 5) is 14.6. The van der Waals surface area contributed by atoms with Crippen LogP contribution in [0.1, 0.15) is 54.9 Å². The lowest BCUT2D eigenvalue weighted by Crippen LogP contribution is -2.38. The highest BCUT2D eigenvalue weighted by molar-refractivity contribution is 5.97. The van der Waals surface area contributed by atoms with E-state index >= 15 is 0 Å². The zero-order chi connectivity index (χ0) is 14.5. The van der Waals surface area contributed by atoms with Gasteiger partial charge in [-0.3, -0.25) is 9.69 Å². The predicted octanol–water partition coefficient (Wildman–Crippen LogP) is 4.08. The highest BCUT2D eigenvalue weighted by Gasteiger charge is 2.24. The lowest BCUT2D eigenvalue weighted by atomic mass is 9.84. The molecule has 0 N–H and O–H groups in total. The molecule has 0 spiro atoms. The van der Waals surface area contributed by atoms with Crippen LogP contribution in [0.5, 0.6) is 0 Å². The minimum atomic E-state index is 0.244. The van der Waals surface area contributed by atoms with E-state index < -0.39 is 0 Å². The summed E-state index contributed by atoms with van der Waals surface area (Å²) in [7, 11) is 2.10. The Morgan fingerprint density at radius 2 is 1.95 bits per heavy atom. The largest absolute Gasteiger partial charge is 0.296 e. The summed E-state index contributed by atoms with van der Waals surface area (Å²) in [5.74, 6) is 1.15. The molecule has 1 aliphatic rings. The van der Waals surface area contributed by atoms with Crippen molar-refractivity contribution in [1.29, 1.82) is 0 Å². The summed E-state index contributed by atoms with van der Waals surface area (Å²) < 4.78 is 0. The second-order valence-corrected chi connectivity index (χ2v) is 6.29. The molecule has 2 nitrogen and oxygen atoms in total. The first kappa shape index (κ1) is 15.2. The topological polar surface area (TPSA) is 20.3 Å². The first-order valence-electron chi connectivity index (χ1n) is 7.90. The molecule has 0 bridgehead atoms. The van der Waals surface area contributed by atoms with Crippen molar-refractivity contribution in [2.24, 2.45) is 5.92 Å². The molecule has 0 saturated heterocycles. The highest BCUT2D eigenvalue weighted by Crippen LogP contribution is 2.28. The molecule has 2 heteroatoms. The van der Waals surface area contributed by atoms with Crippen LogP contribution in [0.2, 0.25) is 0 Å². The Balaban J connectivity index is 1.88. The summed E-state index contributed by atoms with van der Waals surface area (Å²) in [6, 6.07) is 8.51. The van der Waals surface area contributed by atoms with Gasteiger partial charge in [0.15, 0.2) is 5.78 Å². The van der Waals surface area contributed by atoms with E-state index in [4.69, 9.17) is 0 Å². The number of nitrogens with zero attached hydrogens (tertiary/aromatic N) is 1. The third kappa shape index (κ3) is 3.92. The third-order valence-electron chi connectivity index (χ3n) is 4.75. The third-order valence-corrected chi connectivity index (χ3v) is 4.75. The number of hydrogen-bond acceptors (Lipinski definition) is 2. The molecule has 0 atom stereocenters. The van der Waals surface area contributed by atoms with Crippen LogP contribution in [-0.2, 0) is 0 Å². The average Bonchev–Trinajstić information content (AvgIpc) is 2.47. The zero-order valence-electron chi connectivity index (χ0n) is 13.1. The van der Waals surface area contributed by atoms with Crippen molar-refractivity contribution in [1.82, 2.24) is 4.90 Å². The van der Waals surface area contributed by atoms with Crippen molar-refractivity contribution in [3.63, 3.8) is 0 Å². The van der Waals surface area contributed by atoms with E-state index in [1.165, 1.54) is 32.1 Å². The van der Waals surface area contributed by atoms with Gasteiger partial charge in [0.05, 0.1) is 6.54 Å². The number of likely N-dealkylation sites (N-methyl/N-ethyl adjacent to an activating group) is 1. The second kappa shape index (κ2) is 7.03. The molecule has 1 fully saturated rings. The first-order valence-corrected chi connectivity index (χ1v) is 7.90. The van der Waals surface area contributed by atoms with Gasteiger partial charge in [0.1, 0.15) is 0 Å². The van der Waals surface area contributed by atoms with Gasteiger partial charge < -0.3 is 0 Å². The van der Waals surface area contributed by atoms with E-state index in [-0.39, 0.29) is 5.78 Å². The number of ketones is 1. The SMILES string of the molecule is CCC1CCC(N(C)CC(=O)c2cccc(C)c2)CC1. The number of carbonyl (C=O) groups excluding carboxylic acids is 1. The minimum Gasteiger partial charge on any atom is -0.296 e. The van der Waals surface area contributed by atoms with E-state index in [2.05, 4.69) is 18.9 Å². The highest BCUT2D eigenvalue weighted by atomic mass is 16.1. The normalized spacial score (nSPS) is 23.0. The van der Waals surface area contributed by atoms with Gasteiger partial charge in [0, 0.05) is 11.6 Å². The van der Waals surface area contributed by atoms with E-state index in [9.17, 15) is 4.79 Å². The van der Waals surface area contributed by atoms with Crippen molar-refractivity contribution in [3.8, 4) is 0 Å². The molecule has 20 heavy (non-hydrogen) atoms. The van der Waals surface area contributed by atoms with E-state index in [0.29, 0.717) is 12.6 Å². The van der Waals surface area contributed by atoms with Crippen molar-refractivity contribution < 1.29 is 4.79 Å². The van der Waals surface area contributed by atoms with Crippen LogP contribution in [-0.4, -0.2) is 30.3 Å². The molecule has 0 aliphatic heterocycles. The van der Waals surface area contributed by atoms with Gasteiger partial charge in [-0.2, -0.15) is 0 Å². The number of carbonyl (C=O) groups is 1. The Hall–Kier alpha value is -1.15. The molecule has 1 aromatic carbocycles. The fraction of sp³-hybridized carbons (Fsp3) is 0.611. The van der Waals surface area contributed by atoms with Crippen molar-refractivity contribution >= 4 is 5.78 Å². The number of benzene rings is 1. The van der Waals surface area contributed by atoms with Gasteiger partial charge in [-0.05, 0) is 51.6 Å². The van der Waals surface area contributed by atoms with Gasteiger partial charge in [0.25, 0.3) is 0 Å². The number of rotatable bonds is 5. The molecule has 0 heterocycles. The van der Waals surface area contributed by atoms with Crippen LogP contribution in [0.4, 0.5) is 0 Å². The van der Waals surface area contributed by atoms with Crippen LogP contribution in [0.15, 0.2) is 24.3 Å². The lowest BCUT2D eigenvalue weighted by Gasteiger charge is -2.34. The number of Topliss-reactive ketones (excluding diaryl/α,β-unsaturated/α-hetero) is 1. The Labute approximate surface area is 123 Å². The molecule has 110 valence electrons. The van der Waals surface area contributed by atoms with Gasteiger partial charge in [-0.1, -0.05) is 37.1 Å². The van der Waals surface area contributed by atoms with E-state index in [1.54, 1.807) is 0 Å². The van der Waals surface area contributed by atoms with Crippen LogP contribution in [0, 0.1) is 12.8 Å². The summed E-state index contributed by atoms with van der Waals surface area (Å²) in [6.45, 7) is 4.87. The smallest absolute Gasteiger partial charge is 0.176 e. The molecule has 0 amide bonds. The maximum Gasteiger partial charge on any atom is 0.176 e. The first-order chi connectivity index (χ1) is 9.60. The Morgan fingerprint density at radius 3 is 2.55 bits per heavy atom. The van der Waals surface area contributed by atoms with Gasteiger partial charge in [-0.15, -0.1) is 0 Å². The monoisotopic (exact) mass is 273 g/mol. The van der Waals surface area contributed by atoms with E-state index in [1.807, 2.05) is 31.2 Å². The molecule has 2 rings (SSSR count). The quantitative estimate of drug-likeness (QED) is 0.753. The fourth-order valence-electron chi connectivity index (χ4n) is 3.26. The van der Waals surface area contributed by atoms with Crippen LogP contribution in [0.25, 0.3) is 0 Å². The lowest BCUT2D eigenvalue weighted by molar-refractivity contribution is 0.0885. The Kier molecular flexibility index (Phi) is 5.36. The Bertz CT molecular complexity index is 446. The van der Waals surface area contributed by atoms with Gasteiger partial charge in [0.2, 0.25) is 0 Å². The van der Waals surface area contributed by atoms with Crippen molar-refractivity contribution in [2.45, 2.75) is 52.0 Å². The molecular weight excluding hydrogens is 246 g/mol. The number of hydrogen-bond donors (Lipinski definition) is 0. The van der Waals surface area contributed by atoms with E-state index in [0.717, 1.165) is 17.0 Å². The van der Waals surface area contributed by atoms with Crippen LogP contribution in [0.3, 0.4) is 0 Å². The molecular formula is C18H27NO. The molecule has 1 saturated carbocycles. The average molecular weight is 273 g/mol. The summed E-state index contributed by atoms with van der Waals surface area (Å²) in [5, 5.41) is 0. The number of aryl methyl sites for hydroxylation is 1. The maximum atomic E-state index is 12.3. The van der Waals surface area contributed by atoms with Crippen LogP contribution < -0.4 is 0 Å². The van der Waals surface area contributed by atoms with Gasteiger partial charge >= 0.3 is 0 Å². The van der Waals surface area contributed by atoms with Crippen molar-refractivity contribution in [2.75, 3.05) is 13.6 Å². The van der Waals surface area contributed by atoms with Crippen LogP contribution >= 0.6 is 0 Å². The minimum absolute atomic E-state index is 0.244. The fourth-order valence-corrected chi connectivity index (χ4v) is 3.26. The maximum absolute atomic E-state index is 12.3. The predicted molar refractivity (Wildman–Crippen MR) is 84.2 cm³/mol. The molecule has 0 radical (unpaired) electrons.